The Bertz CT molecular complexity index is 433. The average Bonchev–Trinajstić information content (AvgIpc) is 2.38. The Balaban J connectivity index is 2.03. The Morgan fingerprint density at radius 1 is 1.25 bits per heavy atom. The Kier molecular flexibility index (Phi) is 4.78. The van der Waals surface area contributed by atoms with Crippen LogP contribution in [0.3, 0.4) is 0 Å². The molecule has 0 aliphatic heterocycles. The molecule has 112 valence electrons. The molecule has 1 N–H and O–H groups in total. The zero-order valence-electron chi connectivity index (χ0n) is 11.5. The van der Waals surface area contributed by atoms with E-state index in [1.165, 1.54) is 31.4 Å². The molecule has 0 aromatic heterocycles. The highest BCUT2D eigenvalue weighted by molar-refractivity contribution is 5.49. The number of halogens is 3. The van der Waals surface area contributed by atoms with Crippen LogP contribution >= 0.6 is 0 Å². The number of ether oxygens (including phenoxy) is 1. The van der Waals surface area contributed by atoms with Gasteiger partial charge in [-0.3, -0.25) is 0 Å². The van der Waals surface area contributed by atoms with Gasteiger partial charge in [-0.2, -0.15) is 0 Å². The number of hydrogen-bond acceptors (Lipinski definition) is 2. The molecule has 0 heterocycles. The number of nitrogens with one attached hydrogen (secondary N) is 1. The summed E-state index contributed by atoms with van der Waals surface area (Å²) in [5.74, 6) is 0.419. The lowest BCUT2D eigenvalue weighted by Crippen LogP contribution is -2.31. The van der Waals surface area contributed by atoms with E-state index in [9.17, 15) is 13.2 Å². The second-order valence-corrected chi connectivity index (χ2v) is 5.28. The molecule has 2 unspecified atom stereocenters. The van der Waals surface area contributed by atoms with Crippen molar-refractivity contribution >= 4 is 5.69 Å². The molecule has 5 heteroatoms. The fraction of sp³-hybridized carbons (Fsp3) is 0.600. The SMILES string of the molecule is CCC1CCCCC1Nc1cccc(OC(F)(F)F)c1. The molecular formula is C15H20F3NO. The number of rotatable bonds is 4. The highest BCUT2D eigenvalue weighted by Gasteiger charge is 2.31. The molecule has 0 bridgehead atoms. The van der Waals surface area contributed by atoms with Crippen molar-refractivity contribution in [1.82, 2.24) is 0 Å². The molecule has 2 nitrogen and oxygen atoms in total. The Hall–Kier alpha value is -1.39. The predicted octanol–water partition coefficient (Wildman–Crippen LogP) is 4.97. The average molecular weight is 287 g/mol. The summed E-state index contributed by atoms with van der Waals surface area (Å²) in [6, 6.07) is 6.43. The molecular weight excluding hydrogens is 267 g/mol. The number of benzene rings is 1. The lowest BCUT2D eigenvalue weighted by atomic mass is 9.83. The molecule has 0 saturated heterocycles. The van der Waals surface area contributed by atoms with Gasteiger partial charge in [-0.05, 0) is 30.9 Å². The van der Waals surface area contributed by atoms with Crippen LogP contribution in [0.15, 0.2) is 24.3 Å². The summed E-state index contributed by atoms with van der Waals surface area (Å²) < 4.78 is 40.6. The number of hydrogen-bond donors (Lipinski definition) is 1. The van der Waals surface area contributed by atoms with E-state index in [0.29, 0.717) is 17.6 Å². The first kappa shape index (κ1) is 15.0. The van der Waals surface area contributed by atoms with Crippen molar-refractivity contribution in [3.63, 3.8) is 0 Å². The van der Waals surface area contributed by atoms with Crippen LogP contribution in [0.1, 0.15) is 39.0 Å². The van der Waals surface area contributed by atoms with E-state index in [0.717, 1.165) is 12.8 Å². The summed E-state index contributed by atoms with van der Waals surface area (Å²) in [6.07, 6.45) is 1.13. The van der Waals surface area contributed by atoms with Crippen LogP contribution in [-0.2, 0) is 0 Å². The van der Waals surface area contributed by atoms with Crippen molar-refractivity contribution in [1.29, 1.82) is 0 Å². The van der Waals surface area contributed by atoms with E-state index in [1.54, 1.807) is 12.1 Å². The van der Waals surface area contributed by atoms with Crippen LogP contribution in [0, 0.1) is 5.92 Å². The monoisotopic (exact) mass is 287 g/mol. The van der Waals surface area contributed by atoms with E-state index >= 15 is 0 Å². The molecule has 0 amide bonds. The normalized spacial score (nSPS) is 23.4. The van der Waals surface area contributed by atoms with E-state index in [-0.39, 0.29) is 5.75 Å². The number of anilines is 1. The molecule has 1 saturated carbocycles. The lowest BCUT2D eigenvalue weighted by molar-refractivity contribution is -0.274. The third kappa shape index (κ3) is 4.32. The van der Waals surface area contributed by atoms with Crippen molar-refractivity contribution in [2.45, 2.75) is 51.4 Å². The summed E-state index contributed by atoms with van der Waals surface area (Å²) in [5.41, 5.74) is 0.692. The molecule has 1 fully saturated rings. The van der Waals surface area contributed by atoms with Crippen molar-refractivity contribution < 1.29 is 17.9 Å². The van der Waals surface area contributed by atoms with Crippen molar-refractivity contribution in [3.05, 3.63) is 24.3 Å². The van der Waals surface area contributed by atoms with Gasteiger partial charge in [0.05, 0.1) is 0 Å². The van der Waals surface area contributed by atoms with Gasteiger partial charge >= 0.3 is 6.36 Å². The van der Waals surface area contributed by atoms with Crippen molar-refractivity contribution in [2.75, 3.05) is 5.32 Å². The minimum atomic E-state index is -4.64. The molecule has 1 aliphatic carbocycles. The zero-order chi connectivity index (χ0) is 14.6. The van der Waals surface area contributed by atoms with E-state index in [1.807, 2.05) is 0 Å². The Labute approximate surface area is 117 Å². The standard InChI is InChI=1S/C15H20F3NO/c1-2-11-6-3-4-9-14(11)19-12-7-5-8-13(10-12)20-15(16,17)18/h5,7-8,10-11,14,19H,2-4,6,9H2,1H3. The fourth-order valence-corrected chi connectivity index (χ4v) is 2.88. The van der Waals surface area contributed by atoms with Gasteiger partial charge in [0.25, 0.3) is 0 Å². The molecule has 2 atom stereocenters. The second kappa shape index (κ2) is 6.37. The highest BCUT2D eigenvalue weighted by atomic mass is 19.4. The summed E-state index contributed by atoms with van der Waals surface area (Å²) in [7, 11) is 0. The topological polar surface area (TPSA) is 21.3 Å². The molecule has 0 spiro atoms. The maximum Gasteiger partial charge on any atom is 0.573 e. The van der Waals surface area contributed by atoms with Crippen LogP contribution in [-0.4, -0.2) is 12.4 Å². The molecule has 0 radical (unpaired) electrons. The Morgan fingerprint density at radius 2 is 2.00 bits per heavy atom. The third-order valence-corrected chi connectivity index (χ3v) is 3.85. The molecule has 20 heavy (non-hydrogen) atoms. The molecule has 1 aromatic carbocycles. The largest absolute Gasteiger partial charge is 0.573 e. The molecule has 1 aromatic rings. The minimum Gasteiger partial charge on any atom is -0.406 e. The smallest absolute Gasteiger partial charge is 0.406 e. The number of alkyl halides is 3. The van der Waals surface area contributed by atoms with Gasteiger partial charge in [0, 0.05) is 17.8 Å². The van der Waals surface area contributed by atoms with Gasteiger partial charge < -0.3 is 10.1 Å². The predicted molar refractivity (Wildman–Crippen MR) is 72.8 cm³/mol. The Morgan fingerprint density at radius 3 is 2.70 bits per heavy atom. The summed E-state index contributed by atoms with van der Waals surface area (Å²) >= 11 is 0. The van der Waals surface area contributed by atoms with E-state index in [4.69, 9.17) is 0 Å². The van der Waals surface area contributed by atoms with Crippen molar-refractivity contribution in [3.8, 4) is 5.75 Å². The summed E-state index contributed by atoms with van der Waals surface area (Å²) in [5, 5.41) is 3.36. The lowest BCUT2D eigenvalue weighted by Gasteiger charge is -2.32. The van der Waals surface area contributed by atoms with Crippen LogP contribution in [0.4, 0.5) is 18.9 Å². The van der Waals surface area contributed by atoms with Crippen LogP contribution in [0.5, 0.6) is 5.75 Å². The quantitative estimate of drug-likeness (QED) is 0.844. The molecule has 1 aliphatic rings. The van der Waals surface area contributed by atoms with Gasteiger partial charge in [-0.1, -0.05) is 32.3 Å². The minimum absolute atomic E-state index is 0.175. The van der Waals surface area contributed by atoms with Gasteiger partial charge in [0.15, 0.2) is 0 Å². The van der Waals surface area contributed by atoms with E-state index in [2.05, 4.69) is 17.0 Å². The van der Waals surface area contributed by atoms with Crippen LogP contribution in [0.25, 0.3) is 0 Å². The maximum absolute atomic E-state index is 12.2. The van der Waals surface area contributed by atoms with Crippen LogP contribution < -0.4 is 10.1 Å². The van der Waals surface area contributed by atoms with Gasteiger partial charge in [-0.15, -0.1) is 13.2 Å². The first-order chi connectivity index (χ1) is 9.48. The van der Waals surface area contributed by atoms with Gasteiger partial charge in [0.2, 0.25) is 0 Å². The first-order valence-electron chi connectivity index (χ1n) is 7.10. The summed E-state index contributed by atoms with van der Waals surface area (Å²) in [4.78, 5) is 0. The highest BCUT2D eigenvalue weighted by Crippen LogP contribution is 2.31. The zero-order valence-corrected chi connectivity index (χ0v) is 11.5. The van der Waals surface area contributed by atoms with Crippen LogP contribution in [0.2, 0.25) is 0 Å². The summed E-state index contributed by atoms with van der Waals surface area (Å²) in [6.45, 7) is 2.16. The fourth-order valence-electron chi connectivity index (χ4n) is 2.88. The second-order valence-electron chi connectivity index (χ2n) is 5.28. The van der Waals surface area contributed by atoms with E-state index < -0.39 is 6.36 Å². The van der Waals surface area contributed by atoms with Gasteiger partial charge in [0.1, 0.15) is 5.75 Å². The van der Waals surface area contributed by atoms with Gasteiger partial charge in [-0.25, -0.2) is 0 Å². The molecule has 2 rings (SSSR count). The first-order valence-corrected chi connectivity index (χ1v) is 7.10. The maximum atomic E-state index is 12.2. The van der Waals surface area contributed by atoms with Crippen molar-refractivity contribution in [2.24, 2.45) is 5.92 Å². The third-order valence-electron chi connectivity index (χ3n) is 3.85.